The molecule has 0 bridgehead atoms. The molecule has 0 saturated heterocycles. The zero-order valence-electron chi connectivity index (χ0n) is 10.2. The maximum Gasteiger partial charge on any atom is 0.281 e. The predicted molar refractivity (Wildman–Crippen MR) is 74.7 cm³/mol. The van der Waals surface area contributed by atoms with Crippen LogP contribution in [0.1, 0.15) is 18.4 Å². The van der Waals surface area contributed by atoms with Crippen LogP contribution in [0.25, 0.3) is 0 Å². The molecule has 0 aliphatic carbocycles. The van der Waals surface area contributed by atoms with Crippen molar-refractivity contribution in [3.63, 3.8) is 0 Å². The standard InChI is InChI=1S/C12H14BrN3OS/c1-3-14-7-9-4-5-10(6-11(9)13)18-12-16-15-8(2)17-12/h4-6,14H,3,7H2,1-2H3. The lowest BCUT2D eigenvalue weighted by Gasteiger charge is -2.06. The molecule has 0 radical (unpaired) electrons. The van der Waals surface area contributed by atoms with Gasteiger partial charge in [0.1, 0.15) is 0 Å². The quantitative estimate of drug-likeness (QED) is 0.912. The molecule has 0 aliphatic heterocycles. The summed E-state index contributed by atoms with van der Waals surface area (Å²) in [5.41, 5.74) is 1.24. The fourth-order valence-corrected chi connectivity index (χ4v) is 2.84. The van der Waals surface area contributed by atoms with Crippen LogP contribution in [-0.2, 0) is 6.54 Å². The van der Waals surface area contributed by atoms with Gasteiger partial charge in [-0.15, -0.1) is 10.2 Å². The first kappa shape index (κ1) is 13.6. The number of halogens is 1. The highest BCUT2D eigenvalue weighted by molar-refractivity contribution is 9.10. The van der Waals surface area contributed by atoms with E-state index in [1.54, 1.807) is 6.92 Å². The van der Waals surface area contributed by atoms with Crippen LogP contribution in [-0.4, -0.2) is 16.7 Å². The minimum Gasteiger partial charge on any atom is -0.416 e. The molecule has 2 aromatic rings. The molecule has 1 N–H and O–H groups in total. The van der Waals surface area contributed by atoms with Crippen LogP contribution in [0.2, 0.25) is 0 Å². The van der Waals surface area contributed by atoms with Gasteiger partial charge in [0.05, 0.1) is 0 Å². The van der Waals surface area contributed by atoms with Crippen LogP contribution in [0, 0.1) is 6.92 Å². The Bertz CT molecular complexity index is 530. The number of nitrogens with zero attached hydrogens (tertiary/aromatic N) is 2. The van der Waals surface area contributed by atoms with E-state index in [1.165, 1.54) is 17.3 Å². The molecule has 0 unspecified atom stereocenters. The van der Waals surface area contributed by atoms with Gasteiger partial charge in [0.25, 0.3) is 5.22 Å². The Kier molecular flexibility index (Phi) is 4.79. The highest BCUT2D eigenvalue weighted by Gasteiger charge is 2.07. The molecule has 0 aliphatic rings. The van der Waals surface area contributed by atoms with Crippen molar-refractivity contribution in [3.8, 4) is 0 Å². The fourth-order valence-electron chi connectivity index (χ4n) is 1.42. The first-order chi connectivity index (χ1) is 8.69. The third-order valence-corrected chi connectivity index (χ3v) is 3.87. The number of aryl methyl sites for hydroxylation is 1. The number of benzene rings is 1. The number of hydrogen-bond donors (Lipinski definition) is 1. The molecule has 6 heteroatoms. The van der Waals surface area contributed by atoms with Crippen LogP contribution in [0.3, 0.4) is 0 Å². The van der Waals surface area contributed by atoms with Gasteiger partial charge >= 0.3 is 0 Å². The molecule has 0 amide bonds. The van der Waals surface area contributed by atoms with Gasteiger partial charge in [-0.05, 0) is 36.0 Å². The maximum absolute atomic E-state index is 5.34. The minimum atomic E-state index is 0.568. The third-order valence-electron chi connectivity index (χ3n) is 2.30. The molecule has 4 nitrogen and oxygen atoms in total. The Morgan fingerprint density at radius 2 is 2.22 bits per heavy atom. The van der Waals surface area contributed by atoms with Gasteiger partial charge < -0.3 is 9.73 Å². The average Bonchev–Trinajstić information content (AvgIpc) is 2.74. The lowest BCUT2D eigenvalue weighted by Crippen LogP contribution is -2.11. The van der Waals surface area contributed by atoms with Crippen LogP contribution in [0.15, 0.2) is 37.2 Å². The Morgan fingerprint density at radius 1 is 1.39 bits per heavy atom. The second kappa shape index (κ2) is 6.36. The van der Waals surface area contributed by atoms with E-state index in [0.29, 0.717) is 11.1 Å². The summed E-state index contributed by atoms with van der Waals surface area (Å²) in [6.07, 6.45) is 0. The van der Waals surface area contributed by atoms with E-state index < -0.39 is 0 Å². The Balaban J connectivity index is 2.08. The zero-order chi connectivity index (χ0) is 13.0. The Hall–Kier alpha value is -0.850. The van der Waals surface area contributed by atoms with Crippen molar-refractivity contribution in [2.24, 2.45) is 0 Å². The molecular weight excluding hydrogens is 314 g/mol. The summed E-state index contributed by atoms with van der Waals surface area (Å²) in [4.78, 5) is 1.07. The van der Waals surface area contributed by atoms with Crippen molar-refractivity contribution in [2.45, 2.75) is 30.5 Å². The molecule has 18 heavy (non-hydrogen) atoms. The summed E-state index contributed by atoms with van der Waals surface area (Å²) >= 11 is 5.04. The van der Waals surface area contributed by atoms with Crippen molar-refractivity contribution >= 4 is 27.7 Å². The molecule has 0 atom stereocenters. The second-order valence-corrected chi connectivity index (χ2v) is 5.60. The topological polar surface area (TPSA) is 51.0 Å². The summed E-state index contributed by atoms with van der Waals surface area (Å²) in [5, 5.41) is 11.6. The first-order valence-electron chi connectivity index (χ1n) is 5.66. The van der Waals surface area contributed by atoms with Crippen LogP contribution >= 0.6 is 27.7 Å². The van der Waals surface area contributed by atoms with Crippen molar-refractivity contribution in [2.75, 3.05) is 6.54 Å². The number of hydrogen-bond acceptors (Lipinski definition) is 5. The number of nitrogens with one attached hydrogen (secondary N) is 1. The van der Waals surface area contributed by atoms with E-state index in [1.807, 2.05) is 0 Å². The van der Waals surface area contributed by atoms with Gasteiger partial charge in [0.2, 0.25) is 5.89 Å². The molecule has 2 rings (SSSR count). The van der Waals surface area contributed by atoms with Gasteiger partial charge in [0.15, 0.2) is 0 Å². The summed E-state index contributed by atoms with van der Waals surface area (Å²) < 4.78 is 6.42. The van der Waals surface area contributed by atoms with E-state index in [2.05, 4.69) is 56.6 Å². The number of rotatable bonds is 5. The van der Waals surface area contributed by atoms with Gasteiger partial charge in [-0.25, -0.2) is 0 Å². The van der Waals surface area contributed by atoms with Crippen LogP contribution < -0.4 is 5.32 Å². The largest absolute Gasteiger partial charge is 0.416 e. The van der Waals surface area contributed by atoms with Crippen molar-refractivity contribution in [3.05, 3.63) is 34.1 Å². The maximum atomic E-state index is 5.34. The predicted octanol–water partition coefficient (Wildman–Crippen LogP) is 3.40. The average molecular weight is 328 g/mol. The normalized spacial score (nSPS) is 10.8. The summed E-state index contributed by atoms with van der Waals surface area (Å²) in [7, 11) is 0. The highest BCUT2D eigenvalue weighted by atomic mass is 79.9. The second-order valence-electron chi connectivity index (χ2n) is 3.72. The summed E-state index contributed by atoms with van der Waals surface area (Å²) in [5.74, 6) is 0.584. The Labute approximate surface area is 119 Å². The molecule has 1 aromatic heterocycles. The fraction of sp³-hybridized carbons (Fsp3) is 0.333. The van der Waals surface area contributed by atoms with E-state index >= 15 is 0 Å². The van der Waals surface area contributed by atoms with Crippen LogP contribution in [0.4, 0.5) is 0 Å². The van der Waals surface area contributed by atoms with Gasteiger partial charge in [-0.3, -0.25) is 0 Å². The van der Waals surface area contributed by atoms with E-state index in [9.17, 15) is 0 Å². The summed E-state index contributed by atoms with van der Waals surface area (Å²) in [6.45, 7) is 5.70. The van der Waals surface area contributed by atoms with E-state index in [4.69, 9.17) is 4.42 Å². The third kappa shape index (κ3) is 3.57. The number of aromatic nitrogens is 2. The highest BCUT2D eigenvalue weighted by Crippen LogP contribution is 2.30. The van der Waals surface area contributed by atoms with Gasteiger partial charge in [0, 0.05) is 22.8 Å². The monoisotopic (exact) mass is 327 g/mol. The first-order valence-corrected chi connectivity index (χ1v) is 7.27. The zero-order valence-corrected chi connectivity index (χ0v) is 12.6. The smallest absolute Gasteiger partial charge is 0.281 e. The van der Waals surface area contributed by atoms with E-state index in [-0.39, 0.29) is 0 Å². The SMILES string of the molecule is CCNCc1ccc(Sc2nnc(C)o2)cc1Br. The van der Waals surface area contributed by atoms with Crippen molar-refractivity contribution in [1.82, 2.24) is 15.5 Å². The molecule has 1 aromatic carbocycles. The molecule has 1 heterocycles. The molecule has 0 saturated carbocycles. The Morgan fingerprint density at radius 3 is 2.83 bits per heavy atom. The molecular formula is C12H14BrN3OS. The van der Waals surface area contributed by atoms with Crippen LogP contribution in [0.5, 0.6) is 0 Å². The van der Waals surface area contributed by atoms with Gasteiger partial charge in [-0.2, -0.15) is 0 Å². The minimum absolute atomic E-state index is 0.568. The molecule has 0 fully saturated rings. The summed E-state index contributed by atoms with van der Waals surface area (Å²) in [6, 6.07) is 6.22. The lowest BCUT2D eigenvalue weighted by atomic mass is 10.2. The van der Waals surface area contributed by atoms with E-state index in [0.717, 1.165) is 22.5 Å². The molecule has 0 spiro atoms. The van der Waals surface area contributed by atoms with Crippen molar-refractivity contribution in [1.29, 1.82) is 0 Å². The van der Waals surface area contributed by atoms with Crippen molar-refractivity contribution < 1.29 is 4.42 Å². The lowest BCUT2D eigenvalue weighted by molar-refractivity contribution is 0.429. The molecule has 96 valence electrons. The van der Waals surface area contributed by atoms with Gasteiger partial charge in [-0.1, -0.05) is 28.9 Å².